The van der Waals surface area contributed by atoms with E-state index in [-0.39, 0.29) is 0 Å². The number of halogens is 1. The van der Waals surface area contributed by atoms with E-state index in [1.165, 1.54) is 11.3 Å². The summed E-state index contributed by atoms with van der Waals surface area (Å²) in [6.45, 7) is 0. The molecule has 1 aromatic rings. The Bertz CT molecular complexity index is 278. The van der Waals surface area contributed by atoms with E-state index in [4.69, 9.17) is 0 Å². The van der Waals surface area contributed by atoms with Crippen molar-refractivity contribution in [3.63, 3.8) is 0 Å². The van der Waals surface area contributed by atoms with Crippen LogP contribution in [0.15, 0.2) is 15.0 Å². The lowest BCUT2D eigenvalue weighted by Gasteiger charge is -1.93. The van der Waals surface area contributed by atoms with Crippen molar-refractivity contribution in [1.29, 1.82) is 0 Å². The van der Waals surface area contributed by atoms with Crippen LogP contribution in [0.1, 0.15) is 0 Å². The van der Waals surface area contributed by atoms with Crippen molar-refractivity contribution in [3.05, 3.63) is 9.98 Å². The molecule has 0 aromatic carbocycles. The monoisotopic (exact) mass is 282 g/mol. The summed E-state index contributed by atoms with van der Waals surface area (Å²) >= 11 is 8.10. The first kappa shape index (κ1) is 10.6. The van der Waals surface area contributed by atoms with Crippen molar-refractivity contribution >= 4 is 60.3 Å². The highest BCUT2D eigenvalue weighted by Gasteiger charge is 1.99. The number of hydrogen-bond acceptors (Lipinski definition) is 5. The van der Waals surface area contributed by atoms with E-state index in [1.807, 2.05) is 17.9 Å². The van der Waals surface area contributed by atoms with Crippen LogP contribution < -0.4 is 0 Å². The predicted octanol–water partition coefficient (Wildman–Crippen LogP) is 3.62. The van der Waals surface area contributed by atoms with Gasteiger partial charge in [-0.05, 0) is 28.4 Å². The maximum atomic E-state index is 4.34. The molecule has 0 N–H and O–H groups in total. The number of nitrogens with zero attached hydrogens (tertiary/aromatic N) is 2. The molecule has 2 nitrogen and oxygen atoms in total. The molecule has 1 aromatic heterocycles. The van der Waals surface area contributed by atoms with Crippen molar-refractivity contribution in [3.8, 4) is 0 Å². The molecule has 0 spiro atoms. The van der Waals surface area contributed by atoms with Crippen LogP contribution in [0.3, 0.4) is 0 Å². The Balaban J connectivity index is 2.78. The Kier molecular flexibility index (Phi) is 4.63. The molecule has 12 heavy (non-hydrogen) atoms. The van der Waals surface area contributed by atoms with Crippen LogP contribution >= 0.6 is 50.8 Å². The lowest BCUT2D eigenvalue weighted by molar-refractivity contribution is 1.32. The van der Waals surface area contributed by atoms with Gasteiger partial charge in [-0.3, -0.25) is 0 Å². The number of thioether (sulfide) groups is 2. The Hall–Kier alpha value is 0.480. The van der Waals surface area contributed by atoms with Crippen LogP contribution in [0.5, 0.6) is 0 Å². The summed E-state index contributed by atoms with van der Waals surface area (Å²) in [7, 11) is 0. The van der Waals surface area contributed by atoms with E-state index in [2.05, 4.69) is 25.9 Å². The van der Waals surface area contributed by atoms with Gasteiger partial charge in [0.05, 0.1) is 0 Å². The zero-order chi connectivity index (χ0) is 8.97. The standard InChI is InChI=1S/C6H7BrN2S3/c1-10-6(11-2)9-5-8-4(7)3-12-5/h3H,1-2H3. The minimum Gasteiger partial charge on any atom is -0.211 e. The van der Waals surface area contributed by atoms with Crippen molar-refractivity contribution in [2.24, 2.45) is 4.99 Å². The van der Waals surface area contributed by atoms with Gasteiger partial charge >= 0.3 is 0 Å². The summed E-state index contributed by atoms with van der Waals surface area (Å²) in [6.07, 6.45) is 4.02. The summed E-state index contributed by atoms with van der Waals surface area (Å²) in [5.74, 6) is 0. The normalized spacial score (nSPS) is 9.92. The van der Waals surface area contributed by atoms with Crippen LogP contribution in [-0.2, 0) is 0 Å². The molecule has 0 unspecified atom stereocenters. The molecule has 1 rings (SSSR count). The quantitative estimate of drug-likeness (QED) is 0.581. The number of aromatic nitrogens is 1. The summed E-state index contributed by atoms with van der Waals surface area (Å²) in [4.78, 5) is 8.50. The minimum atomic E-state index is 0.806. The molecule has 1 heterocycles. The van der Waals surface area contributed by atoms with Crippen molar-refractivity contribution < 1.29 is 0 Å². The van der Waals surface area contributed by atoms with Gasteiger partial charge in [0.2, 0.25) is 5.13 Å². The lowest BCUT2D eigenvalue weighted by atomic mass is 11.0. The van der Waals surface area contributed by atoms with Crippen LogP contribution in [-0.4, -0.2) is 21.9 Å². The number of aliphatic imine (C=N–C) groups is 1. The fourth-order valence-electron chi connectivity index (χ4n) is 0.549. The molecular weight excluding hydrogens is 276 g/mol. The number of thiazole rings is 1. The predicted molar refractivity (Wildman–Crippen MR) is 63.9 cm³/mol. The van der Waals surface area contributed by atoms with Crippen LogP contribution in [0.2, 0.25) is 0 Å². The Morgan fingerprint density at radius 3 is 2.67 bits per heavy atom. The third kappa shape index (κ3) is 3.08. The summed E-state index contributed by atoms with van der Waals surface area (Å²) < 4.78 is 1.89. The fraction of sp³-hybridized carbons (Fsp3) is 0.333. The van der Waals surface area contributed by atoms with E-state index in [0.29, 0.717) is 0 Å². The summed E-state index contributed by atoms with van der Waals surface area (Å²) in [5.41, 5.74) is 0. The lowest BCUT2D eigenvalue weighted by Crippen LogP contribution is -1.79. The topological polar surface area (TPSA) is 25.2 Å². The van der Waals surface area contributed by atoms with E-state index >= 15 is 0 Å². The molecule has 0 aliphatic heterocycles. The van der Waals surface area contributed by atoms with Crippen LogP contribution in [0.25, 0.3) is 0 Å². The first-order valence-electron chi connectivity index (χ1n) is 3.04. The van der Waals surface area contributed by atoms with Gasteiger partial charge < -0.3 is 0 Å². The maximum Gasteiger partial charge on any atom is 0.211 e. The van der Waals surface area contributed by atoms with E-state index in [1.54, 1.807) is 23.5 Å². The summed E-state index contributed by atoms with van der Waals surface area (Å²) in [6, 6.07) is 0. The van der Waals surface area contributed by atoms with Crippen molar-refractivity contribution in [1.82, 2.24) is 4.98 Å². The highest BCUT2D eigenvalue weighted by molar-refractivity contribution is 9.10. The Morgan fingerprint density at radius 1 is 1.58 bits per heavy atom. The fourth-order valence-corrected chi connectivity index (χ4v) is 2.80. The molecule has 0 amide bonds. The van der Waals surface area contributed by atoms with Gasteiger partial charge in [-0.1, -0.05) is 0 Å². The van der Waals surface area contributed by atoms with E-state index < -0.39 is 0 Å². The van der Waals surface area contributed by atoms with Gasteiger partial charge in [0.15, 0.2) is 0 Å². The largest absolute Gasteiger partial charge is 0.211 e. The van der Waals surface area contributed by atoms with Crippen molar-refractivity contribution in [2.75, 3.05) is 12.5 Å². The Labute approximate surface area is 92.4 Å². The second-order valence-electron chi connectivity index (χ2n) is 1.74. The van der Waals surface area contributed by atoms with Crippen LogP contribution in [0.4, 0.5) is 5.13 Å². The molecule has 0 bridgehead atoms. The summed E-state index contributed by atoms with van der Waals surface area (Å²) in [5, 5.41) is 2.73. The maximum absolute atomic E-state index is 4.34. The average Bonchev–Trinajstić information content (AvgIpc) is 2.47. The first-order valence-corrected chi connectivity index (χ1v) is 7.16. The molecule has 0 fully saturated rings. The van der Waals surface area contributed by atoms with Gasteiger partial charge in [0.25, 0.3) is 0 Å². The SMILES string of the molecule is CSC(=Nc1nc(Br)cs1)SC. The molecule has 0 saturated heterocycles. The first-order chi connectivity index (χ1) is 5.76. The van der Waals surface area contributed by atoms with E-state index in [0.717, 1.165) is 14.1 Å². The third-order valence-electron chi connectivity index (χ3n) is 1.00. The zero-order valence-corrected chi connectivity index (χ0v) is 10.6. The van der Waals surface area contributed by atoms with Gasteiger partial charge in [-0.25, -0.2) is 9.98 Å². The molecule has 0 radical (unpaired) electrons. The van der Waals surface area contributed by atoms with Gasteiger partial charge in [-0.2, -0.15) is 0 Å². The zero-order valence-electron chi connectivity index (χ0n) is 6.57. The highest BCUT2D eigenvalue weighted by Crippen LogP contribution is 2.25. The molecule has 0 atom stereocenters. The van der Waals surface area contributed by atoms with Crippen molar-refractivity contribution in [2.45, 2.75) is 0 Å². The minimum absolute atomic E-state index is 0.806. The van der Waals surface area contributed by atoms with Gasteiger partial charge in [0.1, 0.15) is 8.98 Å². The number of hydrogen-bond donors (Lipinski definition) is 0. The second-order valence-corrected chi connectivity index (χ2v) is 5.24. The number of rotatable bonds is 1. The molecular formula is C6H7BrN2S3. The third-order valence-corrected chi connectivity index (χ3v) is 4.33. The second kappa shape index (κ2) is 5.26. The average molecular weight is 283 g/mol. The molecule has 0 aliphatic carbocycles. The highest BCUT2D eigenvalue weighted by atomic mass is 79.9. The molecule has 66 valence electrons. The van der Waals surface area contributed by atoms with Gasteiger partial charge in [0, 0.05) is 5.38 Å². The van der Waals surface area contributed by atoms with E-state index in [9.17, 15) is 0 Å². The van der Waals surface area contributed by atoms with Crippen LogP contribution in [0, 0.1) is 0 Å². The Morgan fingerprint density at radius 2 is 2.25 bits per heavy atom. The molecule has 0 aliphatic rings. The molecule has 0 saturated carbocycles. The smallest absolute Gasteiger partial charge is 0.211 e. The van der Waals surface area contributed by atoms with Gasteiger partial charge in [-0.15, -0.1) is 34.9 Å². The molecule has 6 heteroatoms.